The molecule has 3 rings (SSSR count). The highest BCUT2D eigenvalue weighted by atomic mass is 19.4. The summed E-state index contributed by atoms with van der Waals surface area (Å²) in [4.78, 5) is 14.4. The molecule has 28 heavy (non-hydrogen) atoms. The quantitative estimate of drug-likeness (QED) is 0.235. The maximum Gasteiger partial charge on any atom is 0.416 e. The standard InChI is InChI=1S/C20H14F4N2O2/c1-11-8-15(19(21)25-10-11)17-14(13-6-4-3-5-7-13)9-16(20(22,23)24)12(2)18(17)26(27)28/h3-10H,1-2H3. The second-order valence-electron chi connectivity index (χ2n) is 6.29. The molecular weight excluding hydrogens is 376 g/mol. The number of alkyl halides is 3. The third-order valence-corrected chi connectivity index (χ3v) is 4.37. The fourth-order valence-corrected chi connectivity index (χ4v) is 3.14. The molecule has 2 aromatic carbocycles. The first-order valence-corrected chi connectivity index (χ1v) is 8.18. The zero-order valence-corrected chi connectivity index (χ0v) is 14.8. The fraction of sp³-hybridized carbons (Fsp3) is 0.150. The van der Waals surface area contributed by atoms with Crippen LogP contribution < -0.4 is 0 Å². The number of nitrogens with zero attached hydrogens (tertiary/aromatic N) is 2. The molecule has 3 aromatic rings. The Morgan fingerprint density at radius 1 is 1.04 bits per heavy atom. The summed E-state index contributed by atoms with van der Waals surface area (Å²) in [5.41, 5.74) is -2.22. The molecule has 0 aliphatic carbocycles. The highest BCUT2D eigenvalue weighted by molar-refractivity contribution is 5.91. The van der Waals surface area contributed by atoms with Gasteiger partial charge in [0.1, 0.15) is 0 Å². The molecule has 1 aromatic heterocycles. The highest BCUT2D eigenvalue weighted by Gasteiger charge is 2.39. The Bertz CT molecular complexity index is 1060. The largest absolute Gasteiger partial charge is 0.416 e. The number of hydrogen-bond donors (Lipinski definition) is 0. The minimum absolute atomic E-state index is 0.0866. The number of pyridine rings is 1. The summed E-state index contributed by atoms with van der Waals surface area (Å²) in [6.45, 7) is 2.63. The lowest BCUT2D eigenvalue weighted by atomic mass is 9.88. The van der Waals surface area contributed by atoms with Gasteiger partial charge < -0.3 is 0 Å². The molecule has 4 nitrogen and oxygen atoms in total. The van der Waals surface area contributed by atoms with Crippen LogP contribution in [0.25, 0.3) is 22.3 Å². The average molecular weight is 390 g/mol. The first-order chi connectivity index (χ1) is 13.1. The van der Waals surface area contributed by atoms with Gasteiger partial charge in [0.15, 0.2) is 0 Å². The van der Waals surface area contributed by atoms with Crippen molar-refractivity contribution in [3.8, 4) is 22.3 Å². The molecule has 0 aliphatic heterocycles. The van der Waals surface area contributed by atoms with Gasteiger partial charge in [0.25, 0.3) is 5.69 Å². The predicted molar refractivity (Wildman–Crippen MR) is 96.2 cm³/mol. The Morgan fingerprint density at radius 2 is 1.68 bits per heavy atom. The molecule has 0 saturated carbocycles. The second-order valence-corrected chi connectivity index (χ2v) is 6.29. The highest BCUT2D eigenvalue weighted by Crippen LogP contribution is 2.47. The molecule has 0 spiro atoms. The number of aromatic nitrogens is 1. The van der Waals surface area contributed by atoms with Crippen molar-refractivity contribution in [3.05, 3.63) is 81.4 Å². The molecule has 0 N–H and O–H groups in total. The van der Waals surface area contributed by atoms with Crippen LogP contribution in [-0.2, 0) is 6.18 Å². The number of nitro benzene ring substituents is 1. The van der Waals surface area contributed by atoms with Crippen molar-refractivity contribution < 1.29 is 22.5 Å². The Kier molecular flexibility index (Phi) is 4.89. The smallest absolute Gasteiger partial charge is 0.258 e. The summed E-state index contributed by atoms with van der Waals surface area (Å²) in [5, 5.41) is 11.8. The summed E-state index contributed by atoms with van der Waals surface area (Å²) in [7, 11) is 0. The Balaban J connectivity index is 2.54. The lowest BCUT2D eigenvalue weighted by molar-refractivity contribution is -0.384. The topological polar surface area (TPSA) is 56.0 Å². The third-order valence-electron chi connectivity index (χ3n) is 4.37. The van der Waals surface area contributed by atoms with E-state index in [1.165, 1.54) is 24.4 Å². The van der Waals surface area contributed by atoms with Gasteiger partial charge in [0.2, 0.25) is 5.95 Å². The number of benzene rings is 2. The van der Waals surface area contributed by atoms with Crippen molar-refractivity contribution in [3.63, 3.8) is 0 Å². The number of hydrogen-bond acceptors (Lipinski definition) is 3. The zero-order chi connectivity index (χ0) is 20.6. The van der Waals surface area contributed by atoms with Crippen molar-refractivity contribution in [2.24, 2.45) is 0 Å². The SMILES string of the molecule is Cc1cnc(F)c(-c2c(-c3ccccc3)cc(C(F)(F)F)c(C)c2[N+](=O)[O-])c1. The van der Waals surface area contributed by atoms with Crippen LogP contribution in [0.1, 0.15) is 16.7 Å². The van der Waals surface area contributed by atoms with E-state index in [1.54, 1.807) is 25.1 Å². The van der Waals surface area contributed by atoms with E-state index < -0.39 is 33.9 Å². The van der Waals surface area contributed by atoms with E-state index >= 15 is 0 Å². The van der Waals surface area contributed by atoms with Crippen molar-refractivity contribution in [1.29, 1.82) is 0 Å². The van der Waals surface area contributed by atoms with Crippen molar-refractivity contribution in [2.75, 3.05) is 0 Å². The van der Waals surface area contributed by atoms with Crippen LogP contribution in [0.4, 0.5) is 23.2 Å². The van der Waals surface area contributed by atoms with E-state index in [4.69, 9.17) is 0 Å². The van der Waals surface area contributed by atoms with Crippen LogP contribution in [0.15, 0.2) is 48.7 Å². The van der Waals surface area contributed by atoms with Gasteiger partial charge in [-0.2, -0.15) is 17.6 Å². The minimum atomic E-state index is -4.81. The van der Waals surface area contributed by atoms with Gasteiger partial charge in [0, 0.05) is 17.3 Å². The Labute approximate surface area is 157 Å². The molecule has 0 bridgehead atoms. The molecule has 0 fully saturated rings. The zero-order valence-electron chi connectivity index (χ0n) is 14.8. The van der Waals surface area contributed by atoms with Gasteiger partial charge in [-0.3, -0.25) is 10.1 Å². The fourth-order valence-electron chi connectivity index (χ4n) is 3.14. The third kappa shape index (κ3) is 3.45. The molecule has 0 saturated heterocycles. The van der Waals surface area contributed by atoms with E-state index in [-0.39, 0.29) is 16.7 Å². The molecule has 8 heteroatoms. The summed E-state index contributed by atoms with van der Waals surface area (Å²) < 4.78 is 55.2. The molecule has 0 radical (unpaired) electrons. The van der Waals surface area contributed by atoms with E-state index in [0.29, 0.717) is 11.1 Å². The monoisotopic (exact) mass is 390 g/mol. The molecule has 0 unspecified atom stereocenters. The molecule has 144 valence electrons. The first-order valence-electron chi connectivity index (χ1n) is 8.18. The summed E-state index contributed by atoms with van der Waals surface area (Å²) >= 11 is 0. The average Bonchev–Trinajstić information content (AvgIpc) is 2.62. The van der Waals surface area contributed by atoms with Crippen molar-refractivity contribution >= 4 is 5.69 Å². The van der Waals surface area contributed by atoms with Crippen molar-refractivity contribution in [2.45, 2.75) is 20.0 Å². The predicted octanol–water partition coefficient (Wildman–Crippen LogP) is 6.10. The number of nitro groups is 1. The van der Waals surface area contributed by atoms with Gasteiger partial charge in [-0.1, -0.05) is 30.3 Å². The van der Waals surface area contributed by atoms with Crippen LogP contribution in [0.5, 0.6) is 0 Å². The molecular formula is C20H14F4N2O2. The van der Waals surface area contributed by atoms with Crippen LogP contribution in [0.2, 0.25) is 0 Å². The molecule has 0 amide bonds. The minimum Gasteiger partial charge on any atom is -0.258 e. The Hall–Kier alpha value is -3.29. The van der Waals surface area contributed by atoms with Crippen LogP contribution in [0.3, 0.4) is 0 Å². The van der Waals surface area contributed by atoms with E-state index in [1.807, 2.05) is 0 Å². The first kappa shape index (κ1) is 19.5. The maximum atomic E-state index is 14.5. The Morgan fingerprint density at radius 3 is 2.25 bits per heavy atom. The lowest BCUT2D eigenvalue weighted by Gasteiger charge is -2.18. The van der Waals surface area contributed by atoms with Crippen LogP contribution in [0, 0.1) is 29.9 Å². The van der Waals surface area contributed by atoms with Gasteiger partial charge in [-0.05, 0) is 42.7 Å². The van der Waals surface area contributed by atoms with Gasteiger partial charge in [-0.25, -0.2) is 4.98 Å². The van der Waals surface area contributed by atoms with Gasteiger partial charge >= 0.3 is 6.18 Å². The molecule has 1 heterocycles. The number of aryl methyl sites for hydroxylation is 1. The van der Waals surface area contributed by atoms with Crippen LogP contribution >= 0.6 is 0 Å². The molecule has 0 atom stereocenters. The maximum absolute atomic E-state index is 14.5. The van der Waals surface area contributed by atoms with Gasteiger partial charge in [0.05, 0.1) is 16.1 Å². The van der Waals surface area contributed by atoms with E-state index in [0.717, 1.165) is 13.0 Å². The van der Waals surface area contributed by atoms with Crippen molar-refractivity contribution in [1.82, 2.24) is 4.98 Å². The summed E-state index contributed by atoms with van der Waals surface area (Å²) in [5.74, 6) is -0.995. The summed E-state index contributed by atoms with van der Waals surface area (Å²) in [6.07, 6.45) is -3.57. The van der Waals surface area contributed by atoms with E-state index in [2.05, 4.69) is 4.98 Å². The lowest BCUT2D eigenvalue weighted by Crippen LogP contribution is -2.11. The normalized spacial score (nSPS) is 11.5. The second kappa shape index (κ2) is 7.03. The van der Waals surface area contributed by atoms with E-state index in [9.17, 15) is 27.7 Å². The number of halogens is 4. The summed E-state index contributed by atoms with van der Waals surface area (Å²) in [6, 6.07) is 10.0. The van der Waals surface area contributed by atoms with Crippen LogP contribution in [-0.4, -0.2) is 9.91 Å². The number of rotatable bonds is 3. The molecule has 0 aliphatic rings. The van der Waals surface area contributed by atoms with Gasteiger partial charge in [-0.15, -0.1) is 0 Å².